The van der Waals surface area contributed by atoms with Crippen LogP contribution in [0.15, 0.2) is 42.3 Å². The molecule has 2 saturated carbocycles. The number of fused-ring (bicyclic) bond motifs is 5. The quantitative estimate of drug-likeness (QED) is 0.460. The first-order chi connectivity index (χ1) is 14.3. The molecule has 29 heavy (non-hydrogen) atoms. The number of pyridine rings is 1. The Morgan fingerprint density at radius 1 is 1.21 bits per heavy atom. The molecule has 0 saturated heterocycles. The Morgan fingerprint density at radius 2 is 2.03 bits per heavy atom. The third-order valence-corrected chi connectivity index (χ3v) is 8.61. The molecule has 0 N–H and O–H groups in total. The monoisotopic (exact) mass is 392 g/mol. The van der Waals surface area contributed by atoms with Crippen molar-refractivity contribution in [1.29, 1.82) is 0 Å². The van der Waals surface area contributed by atoms with Crippen LogP contribution in [0.5, 0.6) is 0 Å². The number of carbonyl (C=O) groups is 1. The largest absolute Gasteiger partial charge is 0.462 e. The van der Waals surface area contributed by atoms with Crippen molar-refractivity contribution in [1.82, 2.24) is 4.98 Å². The summed E-state index contributed by atoms with van der Waals surface area (Å²) in [6.45, 7) is 6.26. The average molecular weight is 393 g/mol. The molecule has 1 heterocycles. The molecular weight excluding hydrogens is 358 g/mol. The molecule has 1 aromatic heterocycles. The van der Waals surface area contributed by atoms with Crippen LogP contribution in [0.1, 0.15) is 72.7 Å². The summed E-state index contributed by atoms with van der Waals surface area (Å²) in [6.07, 6.45) is 15.4. The summed E-state index contributed by atoms with van der Waals surface area (Å²) in [6, 6.07) is 4.22. The van der Waals surface area contributed by atoms with Gasteiger partial charge in [0.05, 0.1) is 0 Å². The first kappa shape index (κ1) is 17.9. The number of rotatable bonds is 2. The van der Waals surface area contributed by atoms with Gasteiger partial charge in [-0.25, -0.2) is 0 Å². The standard InChI is InChI=1S/C26H33NO2/c1-17(28)29-20-10-12-25(2)19(15-20)6-7-21-23-9-8-22(18-5-4-14-27-16-18)26(23,3)13-11-24(21)25/h4-6,8,14,16,20-21,23-24H,7,9-13,15H2,1-3H3/t20-,21?,23?,24?,25-,26+/m0/s1/i24D. The minimum atomic E-state index is -0.430. The van der Waals surface area contributed by atoms with Gasteiger partial charge >= 0.3 is 5.97 Å². The lowest BCUT2D eigenvalue weighted by Gasteiger charge is -2.57. The summed E-state index contributed by atoms with van der Waals surface area (Å²) in [4.78, 5) is 15.8. The number of carbonyl (C=O) groups excluding carboxylic acids is 1. The Labute approximate surface area is 176 Å². The van der Waals surface area contributed by atoms with Gasteiger partial charge in [-0.2, -0.15) is 0 Å². The summed E-state index contributed by atoms with van der Waals surface area (Å²) in [5.74, 6) is 0.271. The van der Waals surface area contributed by atoms with Crippen molar-refractivity contribution in [3.05, 3.63) is 47.8 Å². The first-order valence-corrected chi connectivity index (χ1v) is 11.3. The molecule has 0 bridgehead atoms. The highest BCUT2D eigenvalue weighted by molar-refractivity contribution is 5.72. The van der Waals surface area contributed by atoms with Crippen LogP contribution in [0.4, 0.5) is 0 Å². The molecule has 0 aliphatic heterocycles. The molecule has 154 valence electrons. The van der Waals surface area contributed by atoms with E-state index in [9.17, 15) is 6.17 Å². The van der Waals surface area contributed by atoms with Gasteiger partial charge in [0.1, 0.15) is 6.10 Å². The SMILES string of the molecule is [2H]C12CC[C@]3(C)C(c4cccnc4)=CCC3C1CC=C1C[C@@H](OC(C)=O)CC[C@@]12C. The van der Waals surface area contributed by atoms with Gasteiger partial charge in [0, 0.05) is 27.1 Å². The fourth-order valence-corrected chi connectivity index (χ4v) is 7.11. The summed E-state index contributed by atoms with van der Waals surface area (Å²) in [7, 11) is 0. The van der Waals surface area contributed by atoms with Gasteiger partial charge in [-0.15, -0.1) is 0 Å². The van der Waals surface area contributed by atoms with Crippen LogP contribution < -0.4 is 0 Å². The maximum absolute atomic E-state index is 11.5. The van der Waals surface area contributed by atoms with Gasteiger partial charge in [0.25, 0.3) is 0 Å². The van der Waals surface area contributed by atoms with E-state index in [2.05, 4.69) is 37.0 Å². The smallest absolute Gasteiger partial charge is 0.302 e. The molecule has 3 heteroatoms. The highest BCUT2D eigenvalue weighted by Crippen LogP contribution is 2.66. The molecule has 0 spiro atoms. The van der Waals surface area contributed by atoms with Gasteiger partial charge in [-0.3, -0.25) is 9.78 Å². The lowest BCUT2D eigenvalue weighted by Crippen LogP contribution is -2.50. The van der Waals surface area contributed by atoms with Crippen molar-refractivity contribution in [2.24, 2.45) is 28.6 Å². The number of nitrogens with zero attached hydrogens (tertiary/aromatic N) is 1. The van der Waals surface area contributed by atoms with Crippen LogP contribution in [-0.2, 0) is 9.53 Å². The Kier molecular flexibility index (Phi) is 4.21. The van der Waals surface area contributed by atoms with Crippen molar-refractivity contribution in [3.63, 3.8) is 0 Å². The zero-order chi connectivity index (χ0) is 21.1. The number of hydrogen-bond acceptors (Lipinski definition) is 3. The second-order valence-electron chi connectivity index (χ2n) is 10.0. The maximum atomic E-state index is 11.5. The zero-order valence-electron chi connectivity index (χ0n) is 18.9. The Bertz CT molecular complexity index is 924. The van der Waals surface area contributed by atoms with E-state index in [4.69, 9.17) is 4.74 Å². The lowest BCUT2D eigenvalue weighted by molar-refractivity contribution is -0.148. The van der Waals surface area contributed by atoms with Crippen LogP contribution in [-0.4, -0.2) is 17.1 Å². The van der Waals surface area contributed by atoms with Crippen LogP contribution in [0, 0.1) is 28.6 Å². The number of hydrogen-bond donors (Lipinski definition) is 0. The normalized spacial score (nSPS) is 43.8. The summed E-state index contributed by atoms with van der Waals surface area (Å²) >= 11 is 0. The van der Waals surface area contributed by atoms with Gasteiger partial charge in [-0.1, -0.05) is 37.6 Å². The highest BCUT2D eigenvalue weighted by Gasteiger charge is 2.56. The van der Waals surface area contributed by atoms with E-state index in [-0.39, 0.29) is 22.9 Å². The van der Waals surface area contributed by atoms with Crippen molar-refractivity contribution in [3.8, 4) is 0 Å². The number of aromatic nitrogens is 1. The molecule has 2 fully saturated rings. The van der Waals surface area contributed by atoms with Crippen molar-refractivity contribution in [2.45, 2.75) is 71.8 Å². The molecule has 3 unspecified atom stereocenters. The Balaban J connectivity index is 1.46. The van der Waals surface area contributed by atoms with Crippen LogP contribution >= 0.6 is 0 Å². The van der Waals surface area contributed by atoms with E-state index < -0.39 is 5.89 Å². The molecule has 0 aromatic carbocycles. The van der Waals surface area contributed by atoms with Crippen molar-refractivity contribution in [2.75, 3.05) is 0 Å². The predicted octanol–water partition coefficient (Wildman–Crippen LogP) is 5.97. The van der Waals surface area contributed by atoms with E-state index in [0.717, 1.165) is 44.9 Å². The fraction of sp³-hybridized carbons (Fsp3) is 0.615. The van der Waals surface area contributed by atoms with E-state index >= 15 is 0 Å². The van der Waals surface area contributed by atoms with Crippen LogP contribution in [0.25, 0.3) is 5.57 Å². The van der Waals surface area contributed by atoms with Crippen LogP contribution in [0.3, 0.4) is 0 Å². The predicted molar refractivity (Wildman–Crippen MR) is 115 cm³/mol. The van der Waals surface area contributed by atoms with Gasteiger partial charge in [0.2, 0.25) is 0 Å². The van der Waals surface area contributed by atoms with Crippen molar-refractivity contribution >= 4 is 11.5 Å². The maximum Gasteiger partial charge on any atom is 0.302 e. The van der Waals surface area contributed by atoms with E-state index in [1.165, 1.54) is 23.6 Å². The van der Waals surface area contributed by atoms with E-state index in [1.807, 2.05) is 18.5 Å². The van der Waals surface area contributed by atoms with E-state index in [1.54, 1.807) is 0 Å². The minimum absolute atomic E-state index is 0.0128. The number of ether oxygens (including phenoxy) is 1. The summed E-state index contributed by atoms with van der Waals surface area (Å²) in [5, 5.41) is 0. The minimum Gasteiger partial charge on any atom is -0.462 e. The zero-order valence-corrected chi connectivity index (χ0v) is 17.9. The summed E-state index contributed by atoms with van der Waals surface area (Å²) in [5.41, 5.74) is 4.09. The topological polar surface area (TPSA) is 39.2 Å². The molecule has 5 rings (SSSR count). The van der Waals surface area contributed by atoms with Gasteiger partial charge in [0.15, 0.2) is 0 Å². The van der Waals surface area contributed by atoms with Gasteiger partial charge < -0.3 is 4.74 Å². The molecule has 0 radical (unpaired) electrons. The van der Waals surface area contributed by atoms with Crippen LogP contribution in [0.2, 0.25) is 0 Å². The highest BCUT2D eigenvalue weighted by atomic mass is 16.5. The second-order valence-corrected chi connectivity index (χ2v) is 10.0. The van der Waals surface area contributed by atoms with Gasteiger partial charge in [-0.05, 0) is 84.3 Å². The third-order valence-electron chi connectivity index (χ3n) is 8.61. The average Bonchev–Trinajstić information content (AvgIpc) is 3.07. The first-order valence-electron chi connectivity index (χ1n) is 11.8. The molecule has 0 amide bonds. The molecule has 1 aromatic rings. The Morgan fingerprint density at radius 3 is 2.79 bits per heavy atom. The number of allylic oxidation sites excluding steroid dienone is 3. The molecule has 4 aliphatic rings. The van der Waals surface area contributed by atoms with Crippen molar-refractivity contribution < 1.29 is 10.9 Å². The molecule has 6 atom stereocenters. The lowest BCUT2D eigenvalue weighted by atomic mass is 9.47. The fourth-order valence-electron chi connectivity index (χ4n) is 7.11. The molecule has 4 aliphatic carbocycles. The second kappa shape index (κ2) is 6.82. The Hall–Kier alpha value is -1.90. The third kappa shape index (κ3) is 2.92. The van der Waals surface area contributed by atoms with E-state index in [0.29, 0.717) is 11.8 Å². The number of esters is 1. The summed E-state index contributed by atoms with van der Waals surface area (Å²) < 4.78 is 15.4. The molecule has 3 nitrogen and oxygen atoms in total. The molecular formula is C26H33NO2.